The molecular formula is C13H13N3O2. The molecule has 1 amide bonds. The Morgan fingerprint density at radius 3 is 3.11 bits per heavy atom. The van der Waals surface area contributed by atoms with Crippen LogP contribution >= 0.6 is 0 Å². The smallest absolute Gasteiger partial charge is 0.301 e. The molecule has 1 aromatic carbocycles. The summed E-state index contributed by atoms with van der Waals surface area (Å²) in [4.78, 5) is 16.2. The fourth-order valence-corrected chi connectivity index (χ4v) is 2.12. The highest BCUT2D eigenvalue weighted by molar-refractivity contribution is 5.96. The maximum atomic E-state index is 12.1. The van der Waals surface area contributed by atoms with Crippen LogP contribution in [0.25, 0.3) is 0 Å². The van der Waals surface area contributed by atoms with Gasteiger partial charge in [0.05, 0.1) is 11.6 Å². The van der Waals surface area contributed by atoms with Crippen molar-refractivity contribution >= 4 is 17.6 Å². The fourth-order valence-electron chi connectivity index (χ4n) is 2.12. The van der Waals surface area contributed by atoms with E-state index in [9.17, 15) is 4.79 Å². The summed E-state index contributed by atoms with van der Waals surface area (Å²) in [5, 5.41) is 5.90. The number of carbonyl (C=O) groups is 1. The van der Waals surface area contributed by atoms with Crippen molar-refractivity contribution in [3.8, 4) is 0 Å². The molecule has 92 valence electrons. The van der Waals surface area contributed by atoms with Crippen molar-refractivity contribution in [2.75, 3.05) is 17.2 Å². The number of nitrogens with one attached hydrogen (secondary N) is 2. The molecule has 1 aromatic heterocycles. The molecule has 2 aromatic rings. The van der Waals surface area contributed by atoms with Gasteiger partial charge < -0.3 is 9.73 Å². The molecule has 0 spiro atoms. The lowest BCUT2D eigenvalue weighted by Gasteiger charge is -2.08. The van der Waals surface area contributed by atoms with Gasteiger partial charge >= 0.3 is 6.01 Å². The summed E-state index contributed by atoms with van der Waals surface area (Å²) < 4.78 is 5.12. The summed E-state index contributed by atoms with van der Waals surface area (Å²) in [6, 6.07) is 8.06. The Morgan fingerprint density at radius 1 is 1.50 bits per heavy atom. The number of aromatic nitrogens is 1. The minimum atomic E-state index is -0.201. The molecule has 2 heterocycles. The first-order valence-electron chi connectivity index (χ1n) is 5.80. The Balaban J connectivity index is 1.78. The van der Waals surface area contributed by atoms with E-state index in [2.05, 4.69) is 15.6 Å². The largest absolute Gasteiger partial charge is 0.432 e. The highest BCUT2D eigenvalue weighted by atomic mass is 16.4. The van der Waals surface area contributed by atoms with Crippen LogP contribution in [-0.4, -0.2) is 17.4 Å². The van der Waals surface area contributed by atoms with Crippen LogP contribution in [0.4, 0.5) is 11.7 Å². The number of para-hydroxylation sites is 1. The van der Waals surface area contributed by atoms with E-state index in [1.807, 2.05) is 31.2 Å². The molecule has 0 saturated carbocycles. The first-order valence-corrected chi connectivity index (χ1v) is 5.80. The molecule has 18 heavy (non-hydrogen) atoms. The van der Waals surface area contributed by atoms with Crippen LogP contribution in [0.2, 0.25) is 0 Å². The van der Waals surface area contributed by atoms with Crippen molar-refractivity contribution in [3.63, 3.8) is 0 Å². The quantitative estimate of drug-likeness (QED) is 0.848. The summed E-state index contributed by atoms with van der Waals surface area (Å²) in [6.45, 7) is 2.41. The van der Waals surface area contributed by atoms with Gasteiger partial charge in [0.25, 0.3) is 0 Å². The third kappa shape index (κ3) is 1.84. The molecule has 5 nitrogen and oxygen atoms in total. The van der Waals surface area contributed by atoms with Crippen LogP contribution in [-0.2, 0) is 4.79 Å². The standard InChI is InChI=1S/C13H13N3O2/c1-8-7-18-13(15-8)16-12(17)10-6-14-11-5-3-2-4-9(10)11/h2-5,7,10,14H,6H2,1H3,(H,15,16,17). The van der Waals surface area contributed by atoms with Crippen molar-refractivity contribution in [1.82, 2.24) is 4.98 Å². The minimum Gasteiger partial charge on any atom is -0.432 e. The molecule has 0 aliphatic carbocycles. The normalized spacial score (nSPS) is 17.1. The highest BCUT2D eigenvalue weighted by Gasteiger charge is 2.28. The Morgan fingerprint density at radius 2 is 2.33 bits per heavy atom. The lowest BCUT2D eigenvalue weighted by molar-refractivity contribution is -0.117. The summed E-state index contributed by atoms with van der Waals surface area (Å²) in [7, 11) is 0. The lowest BCUT2D eigenvalue weighted by atomic mass is 10.0. The molecule has 2 N–H and O–H groups in total. The number of nitrogens with zero attached hydrogens (tertiary/aromatic N) is 1. The van der Waals surface area contributed by atoms with Crippen LogP contribution in [0.15, 0.2) is 34.9 Å². The zero-order valence-electron chi connectivity index (χ0n) is 9.93. The molecule has 0 saturated heterocycles. The highest BCUT2D eigenvalue weighted by Crippen LogP contribution is 2.31. The van der Waals surface area contributed by atoms with Gasteiger partial charge in [0.2, 0.25) is 5.91 Å². The van der Waals surface area contributed by atoms with E-state index < -0.39 is 0 Å². The predicted molar refractivity (Wildman–Crippen MR) is 67.5 cm³/mol. The number of amides is 1. The predicted octanol–water partition coefficient (Wildman–Crippen LogP) is 2.13. The van der Waals surface area contributed by atoms with Crippen molar-refractivity contribution in [2.24, 2.45) is 0 Å². The number of hydrogen-bond donors (Lipinski definition) is 2. The summed E-state index contributed by atoms with van der Waals surface area (Å²) in [5.74, 6) is -0.303. The van der Waals surface area contributed by atoms with Gasteiger partial charge in [0.1, 0.15) is 6.26 Å². The zero-order valence-corrected chi connectivity index (χ0v) is 9.93. The SMILES string of the molecule is Cc1coc(NC(=O)C2CNc3ccccc32)n1. The van der Waals surface area contributed by atoms with Gasteiger partial charge in [-0.3, -0.25) is 10.1 Å². The van der Waals surface area contributed by atoms with Gasteiger partial charge in [-0.1, -0.05) is 18.2 Å². The van der Waals surface area contributed by atoms with E-state index in [0.29, 0.717) is 6.54 Å². The van der Waals surface area contributed by atoms with E-state index in [4.69, 9.17) is 4.42 Å². The Bertz CT molecular complexity index is 591. The fraction of sp³-hybridized carbons (Fsp3) is 0.231. The van der Waals surface area contributed by atoms with Crippen LogP contribution in [0.1, 0.15) is 17.2 Å². The Labute approximate surface area is 104 Å². The lowest BCUT2D eigenvalue weighted by Crippen LogP contribution is -2.22. The number of benzene rings is 1. The van der Waals surface area contributed by atoms with E-state index >= 15 is 0 Å². The van der Waals surface area contributed by atoms with Gasteiger partial charge in [-0.25, -0.2) is 0 Å². The van der Waals surface area contributed by atoms with Gasteiger partial charge in [0.15, 0.2) is 0 Å². The van der Waals surface area contributed by atoms with Crippen LogP contribution < -0.4 is 10.6 Å². The van der Waals surface area contributed by atoms with Crippen LogP contribution in [0, 0.1) is 6.92 Å². The molecular weight excluding hydrogens is 230 g/mol. The number of hydrogen-bond acceptors (Lipinski definition) is 4. The van der Waals surface area contributed by atoms with Gasteiger partial charge in [0, 0.05) is 12.2 Å². The topological polar surface area (TPSA) is 67.2 Å². The molecule has 5 heteroatoms. The summed E-state index contributed by atoms with van der Waals surface area (Å²) in [6.07, 6.45) is 1.51. The summed E-state index contributed by atoms with van der Waals surface area (Å²) >= 11 is 0. The number of oxazole rings is 1. The number of carbonyl (C=O) groups excluding carboxylic acids is 1. The van der Waals surface area contributed by atoms with Crippen molar-refractivity contribution < 1.29 is 9.21 Å². The Hall–Kier alpha value is -2.30. The third-order valence-electron chi connectivity index (χ3n) is 3.00. The number of aryl methyl sites for hydroxylation is 1. The second-order valence-electron chi connectivity index (χ2n) is 4.30. The van der Waals surface area contributed by atoms with Crippen molar-refractivity contribution in [1.29, 1.82) is 0 Å². The average Bonchev–Trinajstić information content (AvgIpc) is 2.95. The number of rotatable bonds is 2. The molecule has 0 radical (unpaired) electrons. The number of anilines is 2. The molecule has 3 rings (SSSR count). The van der Waals surface area contributed by atoms with E-state index in [0.717, 1.165) is 16.9 Å². The van der Waals surface area contributed by atoms with Crippen molar-refractivity contribution in [2.45, 2.75) is 12.8 Å². The maximum absolute atomic E-state index is 12.1. The molecule has 1 aliphatic rings. The average molecular weight is 243 g/mol. The molecule has 1 unspecified atom stereocenters. The van der Waals surface area contributed by atoms with Crippen molar-refractivity contribution in [3.05, 3.63) is 41.8 Å². The Kier molecular flexibility index (Phi) is 2.51. The van der Waals surface area contributed by atoms with E-state index in [1.54, 1.807) is 0 Å². The monoisotopic (exact) mass is 243 g/mol. The van der Waals surface area contributed by atoms with Gasteiger partial charge in [-0.2, -0.15) is 4.98 Å². The first kappa shape index (κ1) is 10.8. The second kappa shape index (κ2) is 4.18. The maximum Gasteiger partial charge on any atom is 0.301 e. The molecule has 1 atom stereocenters. The summed E-state index contributed by atoms with van der Waals surface area (Å²) in [5.41, 5.74) is 2.77. The van der Waals surface area contributed by atoms with Gasteiger partial charge in [-0.15, -0.1) is 0 Å². The molecule has 0 fully saturated rings. The first-order chi connectivity index (χ1) is 8.74. The third-order valence-corrected chi connectivity index (χ3v) is 3.00. The number of fused-ring (bicyclic) bond motifs is 1. The van der Waals surface area contributed by atoms with Crippen LogP contribution in [0.5, 0.6) is 0 Å². The van der Waals surface area contributed by atoms with Gasteiger partial charge in [-0.05, 0) is 18.6 Å². The second-order valence-corrected chi connectivity index (χ2v) is 4.30. The zero-order chi connectivity index (χ0) is 12.5. The minimum absolute atomic E-state index is 0.102. The van der Waals surface area contributed by atoms with E-state index in [-0.39, 0.29) is 17.8 Å². The van der Waals surface area contributed by atoms with E-state index in [1.165, 1.54) is 6.26 Å². The van der Waals surface area contributed by atoms with Crippen LogP contribution in [0.3, 0.4) is 0 Å². The molecule has 1 aliphatic heterocycles. The molecule has 0 bridgehead atoms.